The van der Waals surface area contributed by atoms with Crippen LogP contribution in [0.1, 0.15) is 43.4 Å². The molecule has 0 bridgehead atoms. The van der Waals surface area contributed by atoms with E-state index in [0.29, 0.717) is 17.0 Å². The molecule has 1 heterocycles. The molecule has 2 aromatic rings. The van der Waals surface area contributed by atoms with Gasteiger partial charge in [0.1, 0.15) is 11.5 Å². The van der Waals surface area contributed by atoms with Crippen LogP contribution in [0.15, 0.2) is 48.5 Å². The topological polar surface area (TPSA) is 149 Å². The number of nitrogens with zero attached hydrogens (tertiary/aromatic N) is 1. The van der Waals surface area contributed by atoms with E-state index in [1.54, 1.807) is 36.9 Å². The summed E-state index contributed by atoms with van der Waals surface area (Å²) in [6.07, 6.45) is 1.15. The van der Waals surface area contributed by atoms with Crippen molar-refractivity contribution in [3.8, 4) is 0 Å². The van der Waals surface area contributed by atoms with Crippen molar-refractivity contribution in [2.75, 3.05) is 20.1 Å². The average Bonchev–Trinajstić information content (AvgIpc) is 2.91. The number of nitrogens with two attached hydrogens (primary N) is 1. The highest BCUT2D eigenvalue weighted by Gasteiger charge is 2.48. The second kappa shape index (κ2) is 12.7. The number of benzene rings is 2. The molecule has 0 aliphatic carbocycles. The molecular formula is C29H38ClN5O4. The number of carbonyl (C=O) groups excluding carboxylic acids is 3. The molecule has 39 heavy (non-hydrogen) atoms. The summed E-state index contributed by atoms with van der Waals surface area (Å²) in [5.41, 5.74) is 6.19. The third kappa shape index (κ3) is 7.23. The van der Waals surface area contributed by atoms with Crippen molar-refractivity contribution in [3.63, 3.8) is 0 Å². The number of hydrogen-bond donors (Lipinski definition) is 5. The number of amides is 3. The van der Waals surface area contributed by atoms with Crippen LogP contribution < -0.4 is 16.4 Å². The first-order valence-electron chi connectivity index (χ1n) is 13.0. The SMILES string of the molecule is CNC(=O)[C@]1(Cc2ccccc2)CN(C(=O)[C@@H](CCc2ccc(CO)cc2Cl)NC(=O)C(C)(C)N)CCC1=N. The summed E-state index contributed by atoms with van der Waals surface area (Å²) < 4.78 is 0. The standard InChI is InChI=1S/C29H38ClN5O4/c1-28(2,32)26(38)34-23(12-11-21-10-9-20(17-36)15-22(21)30)25(37)35-14-13-24(31)29(18-35,27(39)33-3)16-19-7-5-4-6-8-19/h4-10,15,23,31,36H,11-14,16-18,32H2,1-3H3,(H,33,39)(H,34,38)/t23-,29-/m1/s1. The van der Waals surface area contributed by atoms with Crippen LogP contribution in [0, 0.1) is 10.8 Å². The second-order valence-electron chi connectivity index (χ2n) is 10.7. The van der Waals surface area contributed by atoms with E-state index < -0.39 is 22.9 Å². The summed E-state index contributed by atoms with van der Waals surface area (Å²) in [4.78, 5) is 41.6. The van der Waals surface area contributed by atoms with E-state index in [1.165, 1.54) is 7.05 Å². The van der Waals surface area contributed by atoms with Crippen molar-refractivity contribution in [2.24, 2.45) is 11.1 Å². The minimum atomic E-state index is -1.23. The first-order valence-corrected chi connectivity index (χ1v) is 13.4. The summed E-state index contributed by atoms with van der Waals surface area (Å²) in [6.45, 7) is 3.27. The number of hydrogen-bond acceptors (Lipinski definition) is 6. The molecule has 0 spiro atoms. The van der Waals surface area contributed by atoms with Gasteiger partial charge in [-0.3, -0.25) is 14.4 Å². The third-order valence-corrected chi connectivity index (χ3v) is 7.54. The van der Waals surface area contributed by atoms with Crippen molar-refractivity contribution < 1.29 is 19.5 Å². The highest BCUT2D eigenvalue weighted by Crippen LogP contribution is 2.32. The number of piperidine rings is 1. The molecule has 1 aliphatic heterocycles. The average molecular weight is 556 g/mol. The van der Waals surface area contributed by atoms with Crippen molar-refractivity contribution in [1.82, 2.24) is 15.5 Å². The first kappa shape index (κ1) is 30.3. The van der Waals surface area contributed by atoms with Gasteiger partial charge in [0.15, 0.2) is 0 Å². The van der Waals surface area contributed by atoms with Crippen LogP contribution in [-0.4, -0.2) is 65.2 Å². The van der Waals surface area contributed by atoms with Gasteiger partial charge in [0, 0.05) is 37.3 Å². The lowest BCUT2D eigenvalue weighted by atomic mass is 9.72. The Morgan fingerprint density at radius 3 is 2.46 bits per heavy atom. The molecule has 1 aliphatic rings. The molecule has 0 unspecified atom stereocenters. The highest BCUT2D eigenvalue weighted by molar-refractivity contribution is 6.31. The molecule has 0 aromatic heterocycles. The Kier molecular flexibility index (Phi) is 9.88. The fourth-order valence-electron chi connectivity index (χ4n) is 4.82. The van der Waals surface area contributed by atoms with Crippen molar-refractivity contribution in [3.05, 3.63) is 70.2 Å². The smallest absolute Gasteiger partial charge is 0.245 e. The van der Waals surface area contributed by atoms with Crippen LogP contribution in [0.2, 0.25) is 5.02 Å². The van der Waals surface area contributed by atoms with Crippen LogP contribution in [-0.2, 0) is 33.8 Å². The van der Waals surface area contributed by atoms with Gasteiger partial charge in [-0.2, -0.15) is 0 Å². The van der Waals surface area contributed by atoms with Gasteiger partial charge in [0.25, 0.3) is 0 Å². The molecular weight excluding hydrogens is 518 g/mol. The van der Waals surface area contributed by atoms with Crippen molar-refractivity contribution in [1.29, 1.82) is 5.41 Å². The number of halogens is 1. The molecule has 1 fully saturated rings. The molecule has 0 saturated carbocycles. The molecule has 210 valence electrons. The Morgan fingerprint density at radius 2 is 1.87 bits per heavy atom. The van der Waals surface area contributed by atoms with Crippen molar-refractivity contribution >= 4 is 35.0 Å². The lowest BCUT2D eigenvalue weighted by Crippen LogP contribution is -2.62. The van der Waals surface area contributed by atoms with Crippen LogP contribution in [0.5, 0.6) is 0 Å². The van der Waals surface area contributed by atoms with Crippen LogP contribution in [0.25, 0.3) is 0 Å². The van der Waals surface area contributed by atoms with Gasteiger partial charge < -0.3 is 31.8 Å². The Hall–Kier alpha value is -3.27. The zero-order chi connectivity index (χ0) is 28.8. The highest BCUT2D eigenvalue weighted by atomic mass is 35.5. The largest absolute Gasteiger partial charge is 0.392 e. The molecule has 9 nitrogen and oxygen atoms in total. The lowest BCUT2D eigenvalue weighted by molar-refractivity contribution is -0.141. The van der Waals surface area contributed by atoms with Gasteiger partial charge in [-0.05, 0) is 55.9 Å². The van der Waals surface area contributed by atoms with E-state index in [1.807, 2.05) is 30.3 Å². The fraction of sp³-hybridized carbons (Fsp3) is 0.448. The Labute approximate surface area is 234 Å². The van der Waals surface area contributed by atoms with E-state index in [-0.39, 0.29) is 56.5 Å². The second-order valence-corrected chi connectivity index (χ2v) is 11.1. The number of rotatable bonds is 10. The Bertz CT molecular complexity index is 1200. The Balaban J connectivity index is 1.89. The van der Waals surface area contributed by atoms with E-state index in [2.05, 4.69) is 10.6 Å². The predicted molar refractivity (Wildman–Crippen MR) is 151 cm³/mol. The lowest BCUT2D eigenvalue weighted by Gasteiger charge is -2.43. The number of likely N-dealkylation sites (tertiary alicyclic amines) is 1. The summed E-state index contributed by atoms with van der Waals surface area (Å²) >= 11 is 6.40. The van der Waals surface area contributed by atoms with Gasteiger partial charge in [-0.1, -0.05) is 54.1 Å². The zero-order valence-electron chi connectivity index (χ0n) is 22.7. The number of aliphatic hydroxyl groups excluding tert-OH is 1. The van der Waals surface area contributed by atoms with Crippen molar-refractivity contribution in [2.45, 2.75) is 57.7 Å². The Morgan fingerprint density at radius 1 is 1.18 bits per heavy atom. The van der Waals surface area contributed by atoms with Crippen LogP contribution in [0.4, 0.5) is 0 Å². The summed E-state index contributed by atoms with van der Waals surface area (Å²) in [5.74, 6) is -1.15. The molecule has 1 saturated heterocycles. The molecule has 6 N–H and O–H groups in total. The first-order chi connectivity index (χ1) is 18.4. The maximum absolute atomic E-state index is 13.9. The number of nitrogens with one attached hydrogen (secondary N) is 3. The molecule has 2 atom stereocenters. The maximum Gasteiger partial charge on any atom is 0.245 e. The van der Waals surface area contributed by atoms with Gasteiger partial charge in [-0.25, -0.2) is 0 Å². The molecule has 3 rings (SSSR count). The van der Waals surface area contributed by atoms with Gasteiger partial charge in [0.2, 0.25) is 17.7 Å². The number of aliphatic hydroxyl groups is 1. The normalized spacial score (nSPS) is 18.4. The third-order valence-electron chi connectivity index (χ3n) is 7.18. The van der Waals surface area contributed by atoms with Gasteiger partial charge >= 0.3 is 0 Å². The van der Waals surface area contributed by atoms with Gasteiger partial charge in [0.05, 0.1) is 12.1 Å². The predicted octanol–water partition coefficient (Wildman–Crippen LogP) is 2.21. The van der Waals surface area contributed by atoms with E-state index >= 15 is 0 Å². The molecule has 10 heteroatoms. The maximum atomic E-state index is 13.9. The zero-order valence-corrected chi connectivity index (χ0v) is 23.5. The van der Waals surface area contributed by atoms with Gasteiger partial charge in [-0.15, -0.1) is 0 Å². The minimum Gasteiger partial charge on any atom is -0.392 e. The molecule has 0 radical (unpaired) electrons. The van der Waals surface area contributed by atoms with E-state index in [9.17, 15) is 19.5 Å². The summed E-state index contributed by atoms with van der Waals surface area (Å²) in [7, 11) is 1.53. The van der Waals surface area contributed by atoms with E-state index in [4.69, 9.17) is 22.7 Å². The van der Waals surface area contributed by atoms with E-state index in [0.717, 1.165) is 11.1 Å². The molecule has 3 amide bonds. The molecule has 2 aromatic carbocycles. The minimum absolute atomic E-state index is 0.0174. The van der Waals surface area contributed by atoms with Crippen LogP contribution >= 0.6 is 11.6 Å². The fourth-order valence-corrected chi connectivity index (χ4v) is 5.12. The summed E-state index contributed by atoms with van der Waals surface area (Å²) in [5, 5.41) is 24.1. The summed E-state index contributed by atoms with van der Waals surface area (Å²) in [6, 6.07) is 13.7. The monoisotopic (exact) mass is 555 g/mol. The number of aryl methyl sites for hydroxylation is 1. The quantitative estimate of drug-likeness (QED) is 0.305. The number of carbonyl (C=O) groups is 3. The van der Waals surface area contributed by atoms with Crippen LogP contribution in [0.3, 0.4) is 0 Å².